The van der Waals surface area contributed by atoms with E-state index >= 15 is 0 Å². The van der Waals surface area contributed by atoms with Gasteiger partial charge in [-0.05, 0) is 38.8 Å². The van der Waals surface area contributed by atoms with Gasteiger partial charge >= 0.3 is 0 Å². The van der Waals surface area contributed by atoms with E-state index < -0.39 is 0 Å². The highest BCUT2D eigenvalue weighted by atomic mass is 15.4. The maximum absolute atomic E-state index is 6.25. The van der Waals surface area contributed by atoms with Gasteiger partial charge in [-0.1, -0.05) is 18.2 Å². The van der Waals surface area contributed by atoms with Gasteiger partial charge in [-0.15, -0.1) is 0 Å². The molecule has 100 valence electrons. The van der Waals surface area contributed by atoms with Crippen LogP contribution in [0.2, 0.25) is 0 Å². The third-order valence-electron chi connectivity index (χ3n) is 3.88. The van der Waals surface area contributed by atoms with Crippen molar-refractivity contribution in [2.24, 2.45) is 0 Å². The standard InChI is InChI=1S/C15H20N4/c1-4-18-15(14(16)11(3)17-18)19-10(2)9-12-7-5-6-8-13(12)19/h5-8,10H,4,9,16H2,1-3H3. The van der Waals surface area contributed by atoms with Crippen molar-refractivity contribution in [1.29, 1.82) is 0 Å². The molecule has 0 bridgehead atoms. The van der Waals surface area contributed by atoms with E-state index in [9.17, 15) is 0 Å². The summed E-state index contributed by atoms with van der Waals surface area (Å²) in [6.45, 7) is 7.14. The zero-order valence-electron chi connectivity index (χ0n) is 11.7. The Kier molecular flexibility index (Phi) is 2.73. The van der Waals surface area contributed by atoms with E-state index in [1.54, 1.807) is 0 Å². The van der Waals surface area contributed by atoms with E-state index in [1.807, 2.05) is 11.6 Å². The molecule has 2 heterocycles. The molecular weight excluding hydrogens is 236 g/mol. The molecule has 1 aliphatic rings. The molecule has 1 aromatic heterocycles. The lowest BCUT2D eigenvalue weighted by atomic mass is 10.1. The quantitative estimate of drug-likeness (QED) is 0.898. The number of anilines is 3. The number of rotatable bonds is 2. The Bertz CT molecular complexity index is 615. The third kappa shape index (κ3) is 1.70. The highest BCUT2D eigenvalue weighted by molar-refractivity contribution is 5.77. The van der Waals surface area contributed by atoms with Crippen molar-refractivity contribution in [2.45, 2.75) is 39.8 Å². The fraction of sp³-hybridized carbons (Fsp3) is 0.400. The molecule has 0 spiro atoms. The van der Waals surface area contributed by atoms with Crippen molar-refractivity contribution in [1.82, 2.24) is 9.78 Å². The summed E-state index contributed by atoms with van der Waals surface area (Å²) in [6, 6.07) is 8.96. The van der Waals surface area contributed by atoms with Gasteiger partial charge in [-0.2, -0.15) is 5.10 Å². The minimum atomic E-state index is 0.418. The first-order valence-electron chi connectivity index (χ1n) is 6.83. The van der Waals surface area contributed by atoms with Crippen LogP contribution >= 0.6 is 0 Å². The lowest BCUT2D eigenvalue weighted by Crippen LogP contribution is -2.27. The van der Waals surface area contributed by atoms with E-state index in [4.69, 9.17) is 5.73 Å². The summed E-state index contributed by atoms with van der Waals surface area (Å²) in [5.41, 5.74) is 10.6. The zero-order chi connectivity index (χ0) is 13.6. The third-order valence-corrected chi connectivity index (χ3v) is 3.88. The number of para-hydroxylation sites is 1. The molecule has 1 atom stereocenters. The fourth-order valence-corrected chi connectivity index (χ4v) is 2.95. The molecule has 0 aliphatic carbocycles. The number of fused-ring (bicyclic) bond motifs is 1. The summed E-state index contributed by atoms with van der Waals surface area (Å²) in [5.74, 6) is 1.04. The summed E-state index contributed by atoms with van der Waals surface area (Å²) < 4.78 is 2.00. The number of aromatic nitrogens is 2. The number of nitrogen functional groups attached to an aromatic ring is 1. The molecule has 2 N–H and O–H groups in total. The van der Waals surface area contributed by atoms with Gasteiger partial charge in [-0.25, -0.2) is 4.68 Å². The Morgan fingerprint density at radius 1 is 1.37 bits per heavy atom. The highest BCUT2D eigenvalue weighted by Gasteiger charge is 2.31. The van der Waals surface area contributed by atoms with E-state index in [2.05, 4.69) is 48.1 Å². The Morgan fingerprint density at radius 2 is 2.11 bits per heavy atom. The molecule has 1 aliphatic heterocycles. The predicted octanol–water partition coefficient (Wildman–Crippen LogP) is 2.88. The molecule has 4 nitrogen and oxygen atoms in total. The van der Waals surface area contributed by atoms with Crippen LogP contribution in [0.1, 0.15) is 25.1 Å². The van der Waals surface area contributed by atoms with Gasteiger partial charge < -0.3 is 10.6 Å². The Hall–Kier alpha value is -1.97. The molecule has 19 heavy (non-hydrogen) atoms. The minimum Gasteiger partial charge on any atom is -0.394 e. The molecular formula is C15H20N4. The van der Waals surface area contributed by atoms with Gasteiger partial charge in [0.25, 0.3) is 0 Å². The first-order chi connectivity index (χ1) is 9.13. The smallest absolute Gasteiger partial charge is 0.155 e. The summed E-state index contributed by atoms with van der Waals surface area (Å²) in [6.07, 6.45) is 1.06. The zero-order valence-corrected chi connectivity index (χ0v) is 11.7. The number of nitrogens with two attached hydrogens (primary N) is 1. The first kappa shape index (κ1) is 12.1. The molecule has 4 heteroatoms. The molecule has 0 saturated heterocycles. The largest absolute Gasteiger partial charge is 0.394 e. The molecule has 0 radical (unpaired) electrons. The maximum atomic E-state index is 6.25. The topological polar surface area (TPSA) is 47.1 Å². The van der Waals surface area contributed by atoms with Crippen LogP contribution in [-0.4, -0.2) is 15.8 Å². The molecule has 1 unspecified atom stereocenters. The van der Waals surface area contributed by atoms with E-state index in [-0.39, 0.29) is 0 Å². The van der Waals surface area contributed by atoms with Gasteiger partial charge in [0.2, 0.25) is 0 Å². The second kappa shape index (κ2) is 4.30. The Morgan fingerprint density at radius 3 is 2.84 bits per heavy atom. The Labute approximate surface area is 113 Å². The number of benzene rings is 1. The molecule has 1 aromatic carbocycles. The first-order valence-corrected chi connectivity index (χ1v) is 6.83. The average molecular weight is 256 g/mol. The summed E-state index contributed by atoms with van der Waals surface area (Å²) >= 11 is 0. The van der Waals surface area contributed by atoms with Gasteiger partial charge in [-0.3, -0.25) is 0 Å². The van der Waals surface area contributed by atoms with Crippen LogP contribution in [0.15, 0.2) is 24.3 Å². The van der Waals surface area contributed by atoms with Crippen LogP contribution in [0.3, 0.4) is 0 Å². The second-order valence-electron chi connectivity index (χ2n) is 5.19. The van der Waals surface area contributed by atoms with Crippen molar-refractivity contribution in [2.75, 3.05) is 10.6 Å². The van der Waals surface area contributed by atoms with Crippen molar-refractivity contribution in [3.63, 3.8) is 0 Å². The van der Waals surface area contributed by atoms with Gasteiger partial charge in [0.15, 0.2) is 5.82 Å². The Balaban J connectivity index is 2.17. The van der Waals surface area contributed by atoms with Crippen LogP contribution in [-0.2, 0) is 13.0 Å². The minimum absolute atomic E-state index is 0.418. The fourth-order valence-electron chi connectivity index (χ4n) is 2.95. The summed E-state index contributed by atoms with van der Waals surface area (Å²) in [7, 11) is 0. The molecule has 0 saturated carbocycles. The van der Waals surface area contributed by atoms with Crippen molar-refractivity contribution in [3.05, 3.63) is 35.5 Å². The number of hydrogen-bond acceptors (Lipinski definition) is 3. The van der Waals surface area contributed by atoms with Crippen molar-refractivity contribution >= 4 is 17.2 Å². The highest BCUT2D eigenvalue weighted by Crippen LogP contribution is 2.41. The lowest BCUT2D eigenvalue weighted by molar-refractivity contribution is 0.631. The summed E-state index contributed by atoms with van der Waals surface area (Å²) in [4.78, 5) is 2.33. The van der Waals surface area contributed by atoms with Crippen LogP contribution in [0.4, 0.5) is 17.2 Å². The molecule has 2 aromatic rings. The van der Waals surface area contributed by atoms with Crippen LogP contribution in [0, 0.1) is 6.92 Å². The van der Waals surface area contributed by atoms with E-state index in [1.165, 1.54) is 11.3 Å². The van der Waals surface area contributed by atoms with Crippen molar-refractivity contribution < 1.29 is 0 Å². The predicted molar refractivity (Wildman–Crippen MR) is 78.8 cm³/mol. The maximum Gasteiger partial charge on any atom is 0.155 e. The van der Waals surface area contributed by atoms with Gasteiger partial charge in [0, 0.05) is 18.3 Å². The van der Waals surface area contributed by atoms with Crippen LogP contribution < -0.4 is 10.6 Å². The number of aryl methyl sites for hydroxylation is 2. The van der Waals surface area contributed by atoms with E-state index in [0.29, 0.717) is 6.04 Å². The van der Waals surface area contributed by atoms with Crippen LogP contribution in [0.25, 0.3) is 0 Å². The molecule has 3 rings (SSSR count). The molecule has 0 amide bonds. The van der Waals surface area contributed by atoms with Crippen molar-refractivity contribution in [3.8, 4) is 0 Å². The second-order valence-corrected chi connectivity index (χ2v) is 5.19. The molecule has 0 fully saturated rings. The SMILES string of the molecule is CCn1nc(C)c(N)c1N1c2ccccc2CC1C. The monoisotopic (exact) mass is 256 g/mol. The number of nitrogens with zero attached hydrogens (tertiary/aromatic N) is 3. The normalized spacial score (nSPS) is 17.8. The average Bonchev–Trinajstić information content (AvgIpc) is 2.87. The number of hydrogen-bond donors (Lipinski definition) is 1. The van der Waals surface area contributed by atoms with E-state index in [0.717, 1.165) is 30.2 Å². The van der Waals surface area contributed by atoms with Gasteiger partial charge in [0.05, 0.1) is 11.4 Å². The van der Waals surface area contributed by atoms with Gasteiger partial charge in [0.1, 0.15) is 0 Å². The lowest BCUT2D eigenvalue weighted by Gasteiger charge is -2.26. The summed E-state index contributed by atoms with van der Waals surface area (Å²) in [5, 5.41) is 4.53. The van der Waals surface area contributed by atoms with Crippen LogP contribution in [0.5, 0.6) is 0 Å².